The first-order valence-corrected chi connectivity index (χ1v) is 17.3. The molecule has 246 valence electrons. The second-order valence-electron chi connectivity index (χ2n) is 12.7. The van der Waals surface area contributed by atoms with Crippen molar-refractivity contribution in [2.45, 2.75) is 68.0 Å². The third-order valence-corrected chi connectivity index (χ3v) is 11.7. The number of unbranched alkanes of at least 4 members (excludes halogenated alkanes) is 2. The lowest BCUT2D eigenvalue weighted by Gasteiger charge is -2.38. The summed E-state index contributed by atoms with van der Waals surface area (Å²) in [5.41, 5.74) is 1.72. The van der Waals surface area contributed by atoms with E-state index in [1.165, 1.54) is 0 Å². The van der Waals surface area contributed by atoms with Gasteiger partial charge in [-0.05, 0) is 75.8 Å². The van der Waals surface area contributed by atoms with Gasteiger partial charge in [-0.15, -0.1) is 24.9 Å². The zero-order chi connectivity index (χ0) is 32.9. The molecule has 2 aromatic carbocycles. The average molecular weight is 646 g/mol. The van der Waals surface area contributed by atoms with Crippen LogP contribution in [0.4, 0.5) is 5.69 Å². The van der Waals surface area contributed by atoms with E-state index in [1.807, 2.05) is 61.5 Å². The van der Waals surface area contributed by atoms with Crippen LogP contribution in [0.15, 0.2) is 79.9 Å². The van der Waals surface area contributed by atoms with Gasteiger partial charge in [0.1, 0.15) is 11.8 Å². The van der Waals surface area contributed by atoms with Gasteiger partial charge >= 0.3 is 0 Å². The third-order valence-electron chi connectivity index (χ3n) is 9.75. The predicted octanol–water partition coefficient (Wildman–Crippen LogP) is 5.46. The number of thioether (sulfide) groups is 1. The molecule has 1 spiro atoms. The lowest BCUT2D eigenvalue weighted by molar-refractivity contribution is -0.143. The van der Waals surface area contributed by atoms with Gasteiger partial charge in [-0.1, -0.05) is 42.5 Å². The van der Waals surface area contributed by atoms with Gasteiger partial charge < -0.3 is 24.5 Å². The Kier molecular flexibility index (Phi) is 10.6. The summed E-state index contributed by atoms with van der Waals surface area (Å²) in [6.45, 7) is 14.0. The summed E-state index contributed by atoms with van der Waals surface area (Å²) in [6, 6.07) is 16.6. The number of hydrogen-bond acceptors (Lipinski definition) is 6. The molecule has 0 aliphatic carbocycles. The number of carbonyl (C=O) groups is 3. The number of ether oxygens (including phenoxy) is 1. The summed E-state index contributed by atoms with van der Waals surface area (Å²) in [7, 11) is 0. The molecule has 3 aliphatic rings. The standard InChI is InChI=1S/C37H47N3O5S/c1-5-22-38(26-27-14-10-8-11-15-27)35(44)32-37-21-20-36(4,46-37)30(31(37)34(43)40(32)24-12-9-13-25-41)33(42)39(23-6-2)28-16-18-29(19-17-28)45-7-3/h5-6,8,10-11,14-19,30-32,41H,1-2,7,9,12-13,20-26H2,3-4H3/t30-,31+,32?,36+,37?/m1/s1. The highest BCUT2D eigenvalue weighted by molar-refractivity contribution is 8.02. The first-order valence-electron chi connectivity index (χ1n) is 16.4. The number of anilines is 1. The highest BCUT2D eigenvalue weighted by Crippen LogP contribution is 2.71. The number of rotatable bonds is 16. The number of carbonyl (C=O) groups excluding carboxylic acids is 3. The fourth-order valence-corrected chi connectivity index (χ4v) is 10.1. The van der Waals surface area contributed by atoms with Gasteiger partial charge in [0.25, 0.3) is 0 Å². The molecular formula is C37H47N3O5S. The molecule has 3 heterocycles. The lowest BCUT2D eigenvalue weighted by atomic mass is 9.66. The van der Waals surface area contributed by atoms with Crippen LogP contribution in [0.5, 0.6) is 5.75 Å². The normalized spacial score (nSPS) is 26.1. The van der Waals surface area contributed by atoms with Crippen molar-refractivity contribution in [3.8, 4) is 5.75 Å². The average Bonchev–Trinajstić information content (AvgIpc) is 3.62. The smallest absolute Gasteiger partial charge is 0.247 e. The molecule has 0 radical (unpaired) electrons. The van der Waals surface area contributed by atoms with Gasteiger partial charge in [0, 0.05) is 43.2 Å². The minimum atomic E-state index is -0.713. The predicted molar refractivity (Wildman–Crippen MR) is 184 cm³/mol. The maximum absolute atomic E-state index is 14.7. The monoisotopic (exact) mass is 645 g/mol. The largest absolute Gasteiger partial charge is 0.494 e. The van der Waals surface area contributed by atoms with Gasteiger partial charge in [0.15, 0.2) is 0 Å². The SMILES string of the molecule is C=CCN(Cc1ccccc1)C(=O)C1N(CCCCCO)C(=O)[C@@H]2[C@H](C(=O)N(CC=C)c3ccc(OCC)cc3)[C@]3(C)CCC12S3. The molecule has 2 bridgehead atoms. The summed E-state index contributed by atoms with van der Waals surface area (Å²) < 4.78 is 4.41. The van der Waals surface area contributed by atoms with Gasteiger partial charge in [0.2, 0.25) is 17.7 Å². The fraction of sp³-hybridized carbons (Fsp3) is 0.486. The van der Waals surface area contributed by atoms with Crippen molar-refractivity contribution in [1.29, 1.82) is 0 Å². The van der Waals surface area contributed by atoms with Crippen LogP contribution in [0.25, 0.3) is 0 Å². The molecule has 5 rings (SSSR count). The van der Waals surface area contributed by atoms with Crippen molar-refractivity contribution in [2.24, 2.45) is 11.8 Å². The molecule has 0 aromatic heterocycles. The zero-order valence-corrected chi connectivity index (χ0v) is 27.9. The second-order valence-corrected chi connectivity index (χ2v) is 14.6. The zero-order valence-electron chi connectivity index (χ0n) is 27.1. The summed E-state index contributed by atoms with van der Waals surface area (Å²) in [4.78, 5) is 49.4. The lowest BCUT2D eigenvalue weighted by Crippen LogP contribution is -2.55. The Hall–Kier alpha value is -3.56. The Morgan fingerprint density at radius 3 is 2.39 bits per heavy atom. The van der Waals surface area contributed by atoms with Crippen LogP contribution in [0.3, 0.4) is 0 Å². The van der Waals surface area contributed by atoms with Crippen LogP contribution >= 0.6 is 11.8 Å². The van der Waals surface area contributed by atoms with Gasteiger partial charge in [-0.3, -0.25) is 14.4 Å². The van der Waals surface area contributed by atoms with E-state index in [4.69, 9.17) is 4.74 Å². The quantitative estimate of drug-likeness (QED) is 0.193. The fourth-order valence-electron chi connectivity index (χ4n) is 7.77. The minimum Gasteiger partial charge on any atom is -0.494 e. The Labute approximate surface area is 277 Å². The van der Waals surface area contributed by atoms with Crippen LogP contribution in [0.1, 0.15) is 51.5 Å². The second kappa shape index (κ2) is 14.5. The molecule has 9 heteroatoms. The summed E-state index contributed by atoms with van der Waals surface area (Å²) in [5.74, 6) is -0.805. The number of amides is 3. The molecular weight excluding hydrogens is 598 g/mol. The van der Waals surface area contributed by atoms with E-state index in [-0.39, 0.29) is 24.3 Å². The number of hydrogen-bond donors (Lipinski definition) is 1. The number of aliphatic hydroxyl groups is 1. The van der Waals surface area contributed by atoms with E-state index in [9.17, 15) is 19.5 Å². The Morgan fingerprint density at radius 1 is 1.02 bits per heavy atom. The maximum Gasteiger partial charge on any atom is 0.247 e. The molecule has 3 fully saturated rings. The van der Waals surface area contributed by atoms with Crippen molar-refractivity contribution >= 4 is 35.2 Å². The van der Waals surface area contributed by atoms with Crippen LogP contribution < -0.4 is 9.64 Å². The van der Waals surface area contributed by atoms with E-state index in [2.05, 4.69) is 20.1 Å². The summed E-state index contributed by atoms with van der Waals surface area (Å²) >= 11 is 1.69. The van der Waals surface area contributed by atoms with Crippen molar-refractivity contribution < 1.29 is 24.2 Å². The van der Waals surface area contributed by atoms with Crippen LogP contribution in [0.2, 0.25) is 0 Å². The number of likely N-dealkylation sites (tertiary alicyclic amines) is 1. The number of fused-ring (bicyclic) bond motifs is 1. The molecule has 3 amide bonds. The van der Waals surface area contributed by atoms with Gasteiger partial charge in [-0.25, -0.2) is 0 Å². The van der Waals surface area contributed by atoms with Crippen molar-refractivity contribution in [1.82, 2.24) is 9.80 Å². The van der Waals surface area contributed by atoms with Crippen LogP contribution in [0, 0.1) is 11.8 Å². The molecule has 2 aromatic rings. The summed E-state index contributed by atoms with van der Waals surface area (Å²) in [5, 5.41) is 9.38. The Morgan fingerprint density at radius 2 is 1.74 bits per heavy atom. The number of nitrogens with zero attached hydrogens (tertiary/aromatic N) is 3. The number of benzene rings is 2. The Bertz CT molecular complexity index is 1420. The molecule has 1 N–H and O–H groups in total. The minimum absolute atomic E-state index is 0.0858. The van der Waals surface area contributed by atoms with Crippen molar-refractivity contribution in [3.05, 3.63) is 85.5 Å². The highest BCUT2D eigenvalue weighted by Gasteiger charge is 2.77. The molecule has 0 saturated carbocycles. The first-order chi connectivity index (χ1) is 22.2. The molecule has 3 saturated heterocycles. The van der Waals surface area contributed by atoms with Crippen molar-refractivity contribution in [3.63, 3.8) is 0 Å². The molecule has 5 atom stereocenters. The maximum atomic E-state index is 14.7. The first kappa shape index (κ1) is 33.8. The topological polar surface area (TPSA) is 90.4 Å². The van der Waals surface area contributed by atoms with E-state index < -0.39 is 27.4 Å². The van der Waals surface area contributed by atoms with Crippen LogP contribution in [-0.2, 0) is 20.9 Å². The third kappa shape index (κ3) is 6.24. The molecule has 46 heavy (non-hydrogen) atoms. The van der Waals surface area contributed by atoms with Gasteiger partial charge in [-0.2, -0.15) is 0 Å². The highest BCUT2D eigenvalue weighted by atomic mass is 32.2. The van der Waals surface area contributed by atoms with Crippen LogP contribution in [-0.4, -0.2) is 81.0 Å². The molecule has 2 unspecified atom stereocenters. The number of aliphatic hydroxyl groups excluding tert-OH is 1. The van der Waals surface area contributed by atoms with E-state index in [0.29, 0.717) is 52.0 Å². The summed E-state index contributed by atoms with van der Waals surface area (Å²) in [6.07, 6.45) is 6.93. The van der Waals surface area contributed by atoms with E-state index >= 15 is 0 Å². The molecule has 3 aliphatic heterocycles. The van der Waals surface area contributed by atoms with E-state index in [1.54, 1.807) is 38.6 Å². The van der Waals surface area contributed by atoms with Crippen molar-refractivity contribution in [2.75, 3.05) is 37.7 Å². The Balaban J connectivity index is 1.52. The molecule has 8 nitrogen and oxygen atoms in total. The van der Waals surface area contributed by atoms with E-state index in [0.717, 1.165) is 29.8 Å². The van der Waals surface area contributed by atoms with Gasteiger partial charge in [0.05, 0.1) is 23.2 Å².